The van der Waals surface area contributed by atoms with Gasteiger partial charge in [-0.15, -0.1) is 0 Å². The van der Waals surface area contributed by atoms with E-state index in [4.69, 9.17) is 5.73 Å². The molecule has 0 aliphatic heterocycles. The molecule has 2 nitrogen and oxygen atoms in total. The summed E-state index contributed by atoms with van der Waals surface area (Å²) < 4.78 is 0.973. The molecule has 0 unspecified atom stereocenters. The first-order valence-electron chi connectivity index (χ1n) is 4.82. The molecule has 2 rings (SSSR count). The topological polar surface area (TPSA) is 38.9 Å². The van der Waals surface area contributed by atoms with Gasteiger partial charge in [0.05, 0.1) is 16.4 Å². The van der Waals surface area contributed by atoms with Crippen molar-refractivity contribution in [1.29, 1.82) is 0 Å². The molecular weight excluding hydrogens is 284 g/mol. The van der Waals surface area contributed by atoms with Crippen LogP contribution in [0.25, 0.3) is 0 Å². The lowest BCUT2D eigenvalue weighted by atomic mass is 10.3. The van der Waals surface area contributed by atoms with E-state index in [9.17, 15) is 0 Å². The Morgan fingerprint density at radius 1 is 1.25 bits per heavy atom. The summed E-state index contributed by atoms with van der Waals surface area (Å²) in [6.45, 7) is 1.98. The van der Waals surface area contributed by atoms with Crippen LogP contribution in [0.1, 0.15) is 5.56 Å². The maximum absolute atomic E-state index is 5.78. The van der Waals surface area contributed by atoms with Crippen LogP contribution in [0, 0.1) is 6.92 Å². The van der Waals surface area contributed by atoms with Crippen LogP contribution < -0.4 is 5.73 Å². The molecule has 0 radical (unpaired) electrons. The fourth-order valence-electron chi connectivity index (χ4n) is 1.24. The van der Waals surface area contributed by atoms with E-state index in [1.807, 2.05) is 25.1 Å². The van der Waals surface area contributed by atoms with Gasteiger partial charge in [0.25, 0.3) is 0 Å². The summed E-state index contributed by atoms with van der Waals surface area (Å²) in [6, 6.07) is 10.1. The second-order valence-electron chi connectivity index (χ2n) is 3.37. The average molecular weight is 295 g/mol. The fourth-order valence-corrected chi connectivity index (χ4v) is 2.68. The molecule has 82 valence electrons. The van der Waals surface area contributed by atoms with Crippen molar-refractivity contribution in [2.75, 3.05) is 5.73 Å². The van der Waals surface area contributed by atoms with E-state index in [0.717, 1.165) is 15.1 Å². The number of benzene rings is 1. The molecule has 0 atom stereocenters. The number of halogens is 1. The normalized spacial score (nSPS) is 10.4. The molecule has 0 aliphatic rings. The van der Waals surface area contributed by atoms with Crippen LogP contribution in [-0.4, -0.2) is 4.98 Å². The van der Waals surface area contributed by atoms with E-state index < -0.39 is 0 Å². The van der Waals surface area contributed by atoms with Crippen molar-refractivity contribution in [3.63, 3.8) is 0 Å². The van der Waals surface area contributed by atoms with Gasteiger partial charge in [-0.25, -0.2) is 4.98 Å². The summed E-state index contributed by atoms with van der Waals surface area (Å²) in [5.41, 5.74) is 7.53. The van der Waals surface area contributed by atoms with Gasteiger partial charge in [-0.05, 0) is 40.5 Å². The number of hydrogen-bond acceptors (Lipinski definition) is 3. The Balaban J connectivity index is 2.33. The number of anilines is 1. The van der Waals surface area contributed by atoms with Crippen molar-refractivity contribution in [2.24, 2.45) is 0 Å². The number of aromatic nitrogens is 1. The summed E-state index contributed by atoms with van der Waals surface area (Å²) in [6.07, 6.45) is 1.70. The molecule has 1 aromatic carbocycles. The van der Waals surface area contributed by atoms with Gasteiger partial charge in [0.2, 0.25) is 0 Å². The monoisotopic (exact) mass is 294 g/mol. The molecule has 0 saturated heterocycles. The molecular formula is C12H11BrN2S. The molecule has 0 fully saturated rings. The Morgan fingerprint density at radius 3 is 2.62 bits per heavy atom. The summed E-state index contributed by atoms with van der Waals surface area (Å²) >= 11 is 5.15. The maximum Gasteiger partial charge on any atom is 0.115 e. The third kappa shape index (κ3) is 2.39. The number of pyridine rings is 1. The zero-order chi connectivity index (χ0) is 11.5. The SMILES string of the molecule is Cc1c(N)cnc(Sc2ccccc2)c1Br. The van der Waals surface area contributed by atoms with Gasteiger partial charge in [0.15, 0.2) is 0 Å². The average Bonchev–Trinajstić information content (AvgIpc) is 2.31. The van der Waals surface area contributed by atoms with Crippen LogP contribution in [0.3, 0.4) is 0 Å². The molecule has 0 spiro atoms. The Kier molecular flexibility index (Phi) is 3.51. The third-order valence-electron chi connectivity index (χ3n) is 2.23. The van der Waals surface area contributed by atoms with E-state index in [0.29, 0.717) is 5.69 Å². The molecule has 16 heavy (non-hydrogen) atoms. The van der Waals surface area contributed by atoms with Gasteiger partial charge >= 0.3 is 0 Å². The highest BCUT2D eigenvalue weighted by molar-refractivity contribution is 9.10. The highest BCUT2D eigenvalue weighted by Crippen LogP contribution is 2.34. The fraction of sp³-hybridized carbons (Fsp3) is 0.0833. The van der Waals surface area contributed by atoms with Crippen LogP contribution in [0.4, 0.5) is 5.69 Å². The molecule has 1 aromatic heterocycles. The number of nitrogens with two attached hydrogens (primary N) is 1. The first-order valence-corrected chi connectivity index (χ1v) is 6.43. The van der Waals surface area contributed by atoms with E-state index in [-0.39, 0.29) is 0 Å². The van der Waals surface area contributed by atoms with Gasteiger partial charge in [-0.3, -0.25) is 0 Å². The van der Waals surface area contributed by atoms with Crippen LogP contribution in [-0.2, 0) is 0 Å². The standard InChI is InChI=1S/C12H11BrN2S/c1-8-10(14)7-15-12(11(8)13)16-9-5-3-2-4-6-9/h2-7H,14H2,1H3. The molecule has 1 heterocycles. The molecule has 4 heteroatoms. The van der Waals surface area contributed by atoms with Gasteiger partial charge in [-0.2, -0.15) is 0 Å². The largest absolute Gasteiger partial charge is 0.397 e. The van der Waals surface area contributed by atoms with Crippen molar-refractivity contribution in [2.45, 2.75) is 16.8 Å². The minimum atomic E-state index is 0.712. The minimum absolute atomic E-state index is 0.712. The van der Waals surface area contributed by atoms with Crippen molar-refractivity contribution in [3.8, 4) is 0 Å². The summed E-state index contributed by atoms with van der Waals surface area (Å²) in [5.74, 6) is 0. The van der Waals surface area contributed by atoms with Crippen molar-refractivity contribution < 1.29 is 0 Å². The number of nitrogen functional groups attached to an aromatic ring is 1. The Labute approximate surface area is 107 Å². The first kappa shape index (κ1) is 11.5. The maximum atomic E-state index is 5.78. The van der Waals surface area contributed by atoms with Gasteiger partial charge in [0, 0.05) is 4.90 Å². The predicted octanol–water partition coefficient (Wildman–Crippen LogP) is 3.89. The summed E-state index contributed by atoms with van der Waals surface area (Å²) in [5, 5.41) is 0.943. The lowest BCUT2D eigenvalue weighted by Crippen LogP contribution is -1.94. The van der Waals surface area contributed by atoms with Crippen molar-refractivity contribution in [1.82, 2.24) is 4.98 Å². The number of nitrogens with zero attached hydrogens (tertiary/aromatic N) is 1. The quantitative estimate of drug-likeness (QED) is 0.913. The van der Waals surface area contributed by atoms with Gasteiger partial charge in [-0.1, -0.05) is 30.0 Å². The second-order valence-corrected chi connectivity index (χ2v) is 5.23. The van der Waals surface area contributed by atoms with Gasteiger partial charge < -0.3 is 5.73 Å². The highest BCUT2D eigenvalue weighted by Gasteiger charge is 2.08. The minimum Gasteiger partial charge on any atom is -0.397 e. The Bertz CT molecular complexity index is 500. The third-order valence-corrected chi connectivity index (χ3v) is 4.47. The van der Waals surface area contributed by atoms with E-state index in [1.165, 1.54) is 4.90 Å². The van der Waals surface area contributed by atoms with E-state index in [2.05, 4.69) is 33.0 Å². The Hall–Kier alpha value is -1.00. The van der Waals surface area contributed by atoms with E-state index >= 15 is 0 Å². The molecule has 0 amide bonds. The molecule has 0 saturated carbocycles. The van der Waals surface area contributed by atoms with Crippen LogP contribution in [0.2, 0.25) is 0 Å². The number of rotatable bonds is 2. The molecule has 0 aliphatic carbocycles. The first-order chi connectivity index (χ1) is 7.68. The summed E-state index contributed by atoms with van der Waals surface area (Å²) in [7, 11) is 0. The zero-order valence-electron chi connectivity index (χ0n) is 8.77. The van der Waals surface area contributed by atoms with Gasteiger partial charge in [0.1, 0.15) is 5.03 Å². The second kappa shape index (κ2) is 4.89. The lowest BCUT2D eigenvalue weighted by Gasteiger charge is -2.07. The number of hydrogen-bond donors (Lipinski definition) is 1. The lowest BCUT2D eigenvalue weighted by molar-refractivity contribution is 1.09. The predicted molar refractivity (Wildman–Crippen MR) is 71.7 cm³/mol. The zero-order valence-corrected chi connectivity index (χ0v) is 11.2. The van der Waals surface area contributed by atoms with Crippen LogP contribution in [0.5, 0.6) is 0 Å². The molecule has 2 N–H and O–H groups in total. The Morgan fingerprint density at radius 2 is 1.94 bits per heavy atom. The molecule has 2 aromatic rings. The van der Waals surface area contributed by atoms with Crippen molar-refractivity contribution >= 4 is 33.4 Å². The molecule has 0 bridgehead atoms. The summed E-state index contributed by atoms with van der Waals surface area (Å²) in [4.78, 5) is 5.49. The van der Waals surface area contributed by atoms with E-state index in [1.54, 1.807) is 18.0 Å². The van der Waals surface area contributed by atoms with Crippen LogP contribution >= 0.6 is 27.7 Å². The smallest absolute Gasteiger partial charge is 0.115 e. The van der Waals surface area contributed by atoms with Crippen molar-refractivity contribution in [3.05, 3.63) is 46.6 Å². The van der Waals surface area contributed by atoms with Crippen LogP contribution in [0.15, 0.2) is 50.9 Å². The highest BCUT2D eigenvalue weighted by atomic mass is 79.9.